The molecule has 0 bridgehead atoms. The molecule has 5 aromatic carbocycles. The van der Waals surface area contributed by atoms with E-state index in [2.05, 4.69) is 23.2 Å². The summed E-state index contributed by atoms with van der Waals surface area (Å²) >= 11 is 6.71. The first kappa shape index (κ1) is 24.4. The van der Waals surface area contributed by atoms with Gasteiger partial charge in [0.15, 0.2) is 23.1 Å². The molecule has 6 heteroatoms. The van der Waals surface area contributed by atoms with Crippen LogP contribution >= 0.6 is 11.6 Å². The molecular weight excluding hydrogens is 540 g/mol. The van der Waals surface area contributed by atoms with Gasteiger partial charge in [-0.2, -0.15) is 0 Å². The smallest absolute Gasteiger partial charge is 0.164 e. The van der Waals surface area contributed by atoms with E-state index in [4.69, 9.17) is 31.0 Å². The van der Waals surface area contributed by atoms with E-state index in [1.54, 1.807) is 6.20 Å². The molecule has 3 aromatic heterocycles. The highest BCUT2D eigenvalue weighted by atomic mass is 35.5. The maximum atomic E-state index is 6.71. The van der Waals surface area contributed by atoms with Gasteiger partial charge < -0.3 is 4.42 Å². The van der Waals surface area contributed by atoms with Crippen molar-refractivity contribution in [3.05, 3.63) is 133 Å². The summed E-state index contributed by atoms with van der Waals surface area (Å²) in [6.45, 7) is 0. The molecular formula is C36H21ClN4O. The molecule has 0 saturated carbocycles. The Kier molecular flexibility index (Phi) is 5.76. The van der Waals surface area contributed by atoms with Crippen molar-refractivity contribution in [1.82, 2.24) is 19.9 Å². The average Bonchev–Trinajstić information content (AvgIpc) is 3.44. The monoisotopic (exact) mass is 560 g/mol. The van der Waals surface area contributed by atoms with Crippen LogP contribution in [0.3, 0.4) is 0 Å². The third-order valence-electron chi connectivity index (χ3n) is 7.49. The zero-order valence-electron chi connectivity index (χ0n) is 22.2. The predicted molar refractivity (Wildman–Crippen MR) is 169 cm³/mol. The summed E-state index contributed by atoms with van der Waals surface area (Å²) < 4.78 is 6.35. The van der Waals surface area contributed by atoms with Gasteiger partial charge in [-0.15, -0.1) is 0 Å². The molecule has 8 rings (SSSR count). The number of benzene rings is 5. The largest absolute Gasteiger partial charge is 0.454 e. The number of nitrogens with zero attached hydrogens (tertiary/aromatic N) is 4. The van der Waals surface area contributed by atoms with Gasteiger partial charge in [0.25, 0.3) is 0 Å². The van der Waals surface area contributed by atoms with Crippen molar-refractivity contribution in [2.24, 2.45) is 0 Å². The lowest BCUT2D eigenvalue weighted by atomic mass is 9.94. The summed E-state index contributed by atoms with van der Waals surface area (Å²) in [5.74, 6) is 1.82. The van der Waals surface area contributed by atoms with Gasteiger partial charge in [0, 0.05) is 45.2 Å². The van der Waals surface area contributed by atoms with E-state index in [0.717, 1.165) is 54.9 Å². The Morgan fingerprint density at radius 3 is 1.90 bits per heavy atom. The second kappa shape index (κ2) is 9.91. The lowest BCUT2D eigenvalue weighted by Crippen LogP contribution is -2.01. The molecule has 0 saturated heterocycles. The molecule has 0 N–H and O–H groups in total. The zero-order chi connectivity index (χ0) is 28.0. The SMILES string of the molecule is Clc1ccc(-c2ccccc2-c2nc(-c3ccccc3)nc(-c3ccccc3)n2)c2c1oc1cc3cnccc3cc12. The highest BCUT2D eigenvalue weighted by Gasteiger charge is 2.20. The number of pyridine rings is 1. The van der Waals surface area contributed by atoms with Crippen molar-refractivity contribution in [3.8, 4) is 45.3 Å². The summed E-state index contributed by atoms with van der Waals surface area (Å²) in [5, 5.41) is 4.58. The highest BCUT2D eigenvalue weighted by molar-refractivity contribution is 6.37. The van der Waals surface area contributed by atoms with Crippen LogP contribution in [0.15, 0.2) is 132 Å². The van der Waals surface area contributed by atoms with Gasteiger partial charge in [0.2, 0.25) is 0 Å². The molecule has 5 nitrogen and oxygen atoms in total. The number of halogens is 1. The van der Waals surface area contributed by atoms with Crippen LogP contribution in [0, 0.1) is 0 Å². The molecule has 198 valence electrons. The average molecular weight is 561 g/mol. The molecule has 0 spiro atoms. The summed E-state index contributed by atoms with van der Waals surface area (Å²) in [7, 11) is 0. The Balaban J connectivity index is 1.40. The number of hydrogen-bond donors (Lipinski definition) is 0. The lowest BCUT2D eigenvalue weighted by Gasteiger charge is -2.13. The minimum absolute atomic E-state index is 0.558. The Labute approximate surface area is 246 Å². The minimum atomic E-state index is 0.558. The fraction of sp³-hybridized carbons (Fsp3) is 0. The minimum Gasteiger partial charge on any atom is -0.454 e. The molecule has 0 aliphatic heterocycles. The molecule has 3 heterocycles. The maximum Gasteiger partial charge on any atom is 0.164 e. The molecule has 0 fully saturated rings. The van der Waals surface area contributed by atoms with E-state index in [9.17, 15) is 0 Å². The van der Waals surface area contributed by atoms with Crippen molar-refractivity contribution < 1.29 is 4.42 Å². The fourth-order valence-corrected chi connectivity index (χ4v) is 5.69. The van der Waals surface area contributed by atoms with Gasteiger partial charge in [-0.1, -0.05) is 103 Å². The van der Waals surface area contributed by atoms with Crippen LogP contribution in [-0.2, 0) is 0 Å². The summed E-state index contributed by atoms with van der Waals surface area (Å²) in [6, 6.07) is 38.3. The van der Waals surface area contributed by atoms with Crippen LogP contribution in [0.1, 0.15) is 0 Å². The van der Waals surface area contributed by atoms with Gasteiger partial charge in [-0.05, 0) is 40.8 Å². The van der Waals surface area contributed by atoms with Gasteiger partial charge >= 0.3 is 0 Å². The molecule has 0 unspecified atom stereocenters. The predicted octanol–water partition coefficient (Wildman–Crippen LogP) is 9.64. The maximum absolute atomic E-state index is 6.71. The van der Waals surface area contributed by atoms with E-state index in [-0.39, 0.29) is 0 Å². The topological polar surface area (TPSA) is 64.7 Å². The van der Waals surface area contributed by atoms with Crippen LogP contribution in [-0.4, -0.2) is 19.9 Å². The molecule has 0 aliphatic carbocycles. The van der Waals surface area contributed by atoms with E-state index in [0.29, 0.717) is 28.1 Å². The van der Waals surface area contributed by atoms with Crippen LogP contribution in [0.4, 0.5) is 0 Å². The summed E-state index contributed by atoms with van der Waals surface area (Å²) in [5.41, 5.74) is 6.10. The standard InChI is InChI=1S/C36H21ClN4O/c37-30-16-15-27(32-29-19-24-17-18-38-21-25(24)20-31(29)42-33(30)32)26-13-7-8-14-28(26)36-40-34(22-9-3-1-4-10-22)39-35(41-36)23-11-5-2-6-12-23/h1-21H. The van der Waals surface area contributed by atoms with E-state index in [1.165, 1.54) is 0 Å². The first-order valence-corrected chi connectivity index (χ1v) is 14.0. The van der Waals surface area contributed by atoms with Crippen molar-refractivity contribution in [2.45, 2.75) is 0 Å². The molecule has 0 atom stereocenters. The summed E-state index contributed by atoms with van der Waals surface area (Å²) in [6.07, 6.45) is 3.64. The van der Waals surface area contributed by atoms with Crippen LogP contribution in [0.2, 0.25) is 5.02 Å². The van der Waals surface area contributed by atoms with Crippen molar-refractivity contribution in [2.75, 3.05) is 0 Å². The molecule has 0 amide bonds. The zero-order valence-corrected chi connectivity index (χ0v) is 23.0. The fourth-order valence-electron chi connectivity index (χ4n) is 5.50. The van der Waals surface area contributed by atoms with Crippen LogP contribution in [0.25, 0.3) is 78.0 Å². The second-order valence-electron chi connectivity index (χ2n) is 10.1. The number of aromatic nitrogens is 4. The van der Waals surface area contributed by atoms with Gasteiger partial charge in [0.1, 0.15) is 5.58 Å². The Morgan fingerprint density at radius 1 is 0.548 bits per heavy atom. The normalized spacial score (nSPS) is 11.5. The number of fused-ring (bicyclic) bond motifs is 4. The first-order valence-electron chi connectivity index (χ1n) is 13.6. The quantitative estimate of drug-likeness (QED) is 0.214. The molecule has 0 aliphatic rings. The Morgan fingerprint density at radius 2 is 1.19 bits per heavy atom. The van der Waals surface area contributed by atoms with E-state index >= 15 is 0 Å². The third-order valence-corrected chi connectivity index (χ3v) is 7.79. The van der Waals surface area contributed by atoms with Crippen molar-refractivity contribution in [3.63, 3.8) is 0 Å². The second-order valence-corrected chi connectivity index (χ2v) is 10.5. The van der Waals surface area contributed by atoms with Crippen LogP contribution in [0.5, 0.6) is 0 Å². The Bertz CT molecular complexity index is 2210. The van der Waals surface area contributed by atoms with Gasteiger partial charge in [0.05, 0.1) is 5.02 Å². The first-order chi connectivity index (χ1) is 20.7. The highest BCUT2D eigenvalue weighted by Crippen LogP contribution is 2.43. The number of furan rings is 1. The van der Waals surface area contributed by atoms with Crippen molar-refractivity contribution in [1.29, 1.82) is 0 Å². The van der Waals surface area contributed by atoms with E-state index < -0.39 is 0 Å². The molecule has 8 aromatic rings. The van der Waals surface area contributed by atoms with Gasteiger partial charge in [-0.25, -0.2) is 15.0 Å². The number of rotatable bonds is 4. The molecule has 42 heavy (non-hydrogen) atoms. The summed E-state index contributed by atoms with van der Waals surface area (Å²) in [4.78, 5) is 19.1. The van der Waals surface area contributed by atoms with Crippen LogP contribution < -0.4 is 0 Å². The third kappa shape index (κ3) is 4.10. The van der Waals surface area contributed by atoms with Crippen molar-refractivity contribution >= 4 is 44.3 Å². The lowest BCUT2D eigenvalue weighted by molar-refractivity contribution is 0.669. The number of hydrogen-bond acceptors (Lipinski definition) is 5. The Hall–Kier alpha value is -5.39. The van der Waals surface area contributed by atoms with E-state index in [1.807, 2.05) is 103 Å². The molecule has 0 radical (unpaired) electrons. The van der Waals surface area contributed by atoms with Gasteiger partial charge in [-0.3, -0.25) is 4.98 Å².